The van der Waals surface area contributed by atoms with Gasteiger partial charge in [-0.15, -0.1) is 0 Å². The van der Waals surface area contributed by atoms with Gasteiger partial charge in [0, 0.05) is 36.4 Å². The molecule has 3 atom stereocenters. The molecule has 176 valence electrons. The van der Waals surface area contributed by atoms with Crippen molar-refractivity contribution in [3.63, 3.8) is 0 Å². The monoisotopic (exact) mass is 456 g/mol. The van der Waals surface area contributed by atoms with Gasteiger partial charge in [-0.2, -0.15) is 5.10 Å². The van der Waals surface area contributed by atoms with Gasteiger partial charge in [0.05, 0.1) is 23.8 Å². The minimum absolute atomic E-state index is 0.0289. The fourth-order valence-corrected chi connectivity index (χ4v) is 5.85. The van der Waals surface area contributed by atoms with E-state index in [2.05, 4.69) is 52.3 Å². The molecule has 1 saturated heterocycles. The summed E-state index contributed by atoms with van der Waals surface area (Å²) in [4.78, 5) is 25.0. The second-order valence-corrected chi connectivity index (χ2v) is 10.4. The molecule has 2 fully saturated rings. The van der Waals surface area contributed by atoms with Crippen LogP contribution in [-0.4, -0.2) is 38.7 Å². The first kappa shape index (κ1) is 21.3. The van der Waals surface area contributed by atoms with E-state index < -0.39 is 0 Å². The van der Waals surface area contributed by atoms with Crippen molar-refractivity contribution in [3.8, 4) is 0 Å². The van der Waals surface area contributed by atoms with Crippen molar-refractivity contribution >= 4 is 11.7 Å². The minimum atomic E-state index is -0.0634. The van der Waals surface area contributed by atoms with Gasteiger partial charge in [0.15, 0.2) is 0 Å². The van der Waals surface area contributed by atoms with Gasteiger partial charge in [0.25, 0.3) is 5.91 Å². The van der Waals surface area contributed by atoms with E-state index in [-0.39, 0.29) is 11.9 Å². The first-order valence-electron chi connectivity index (χ1n) is 12.4. The average molecular weight is 457 g/mol. The summed E-state index contributed by atoms with van der Waals surface area (Å²) < 4.78 is 1.86. The van der Waals surface area contributed by atoms with E-state index in [1.165, 1.54) is 17.5 Å². The minimum Gasteiger partial charge on any atom is -0.356 e. The highest BCUT2D eigenvalue weighted by atomic mass is 16.1. The third-order valence-electron chi connectivity index (χ3n) is 7.86. The molecule has 1 amide bonds. The Balaban J connectivity index is 1.16. The second kappa shape index (κ2) is 7.93. The molecule has 0 aromatic carbocycles. The number of anilines is 1. The van der Waals surface area contributed by atoms with E-state index in [1.54, 1.807) is 0 Å². The lowest BCUT2D eigenvalue weighted by molar-refractivity contribution is 0.0936. The molecule has 2 unspecified atom stereocenters. The molecule has 4 heterocycles. The van der Waals surface area contributed by atoms with Crippen LogP contribution >= 0.6 is 0 Å². The van der Waals surface area contributed by atoms with E-state index in [0.717, 1.165) is 71.9 Å². The Morgan fingerprint density at radius 3 is 2.62 bits per heavy atom. The van der Waals surface area contributed by atoms with Crippen LogP contribution in [0.3, 0.4) is 0 Å². The highest BCUT2D eigenvalue weighted by Crippen LogP contribution is 2.46. The Labute approximate surface area is 200 Å². The predicted molar refractivity (Wildman–Crippen MR) is 131 cm³/mol. The Kier molecular flexibility index (Phi) is 4.97. The maximum Gasteiger partial charge on any atom is 0.255 e. The van der Waals surface area contributed by atoms with Crippen molar-refractivity contribution in [1.29, 1.82) is 0 Å². The van der Waals surface area contributed by atoms with Gasteiger partial charge < -0.3 is 10.2 Å². The number of aromatic nitrogens is 4. The van der Waals surface area contributed by atoms with Crippen LogP contribution in [0.5, 0.6) is 0 Å². The van der Waals surface area contributed by atoms with Crippen LogP contribution < -0.4 is 10.2 Å². The van der Waals surface area contributed by atoms with Crippen LogP contribution in [0, 0.1) is 39.5 Å². The fraction of sp³-hybridized carbons (Fsp3) is 0.481. The van der Waals surface area contributed by atoms with Crippen molar-refractivity contribution < 1.29 is 4.79 Å². The fourth-order valence-electron chi connectivity index (χ4n) is 5.85. The number of fused-ring (bicyclic) bond motifs is 2. The first-order valence-corrected chi connectivity index (χ1v) is 12.4. The summed E-state index contributed by atoms with van der Waals surface area (Å²) in [5.74, 6) is 2.80. The van der Waals surface area contributed by atoms with Gasteiger partial charge in [-0.1, -0.05) is 6.07 Å². The molecule has 3 aromatic heterocycles. The molecule has 3 aromatic rings. The molecule has 2 aliphatic carbocycles. The number of piperidine rings is 1. The van der Waals surface area contributed by atoms with Crippen molar-refractivity contribution in [3.05, 3.63) is 69.4 Å². The number of carbonyl (C=O) groups is 1. The van der Waals surface area contributed by atoms with Crippen molar-refractivity contribution in [2.24, 2.45) is 11.8 Å². The van der Waals surface area contributed by atoms with Gasteiger partial charge >= 0.3 is 0 Å². The molecule has 1 saturated carbocycles. The molecular formula is C27H32N6O. The molecule has 0 spiro atoms. The molecule has 0 bridgehead atoms. The Morgan fingerprint density at radius 1 is 1.06 bits per heavy atom. The maximum absolute atomic E-state index is 13.2. The number of nitrogens with one attached hydrogen (secondary N) is 1. The van der Waals surface area contributed by atoms with Crippen LogP contribution in [0.2, 0.25) is 0 Å². The zero-order chi connectivity index (χ0) is 23.6. The van der Waals surface area contributed by atoms with Gasteiger partial charge in [0.2, 0.25) is 0 Å². The number of amides is 1. The Hall–Kier alpha value is -3.22. The normalized spacial score (nSPS) is 22.6. The zero-order valence-electron chi connectivity index (χ0n) is 20.4. The summed E-state index contributed by atoms with van der Waals surface area (Å²) in [6.45, 7) is 10.9. The lowest BCUT2D eigenvalue weighted by Crippen LogP contribution is -2.27. The second-order valence-electron chi connectivity index (χ2n) is 10.4. The SMILES string of the molecule is Cc1cc2c(c(C)n1)CC[C@H]2NC(=O)c1cn(Cc2ccc(N3CC4CC4C3)nc2C)nc1C. The summed E-state index contributed by atoms with van der Waals surface area (Å²) in [5.41, 5.74) is 8.10. The van der Waals surface area contributed by atoms with Crippen molar-refractivity contribution in [2.45, 2.75) is 59.5 Å². The summed E-state index contributed by atoms with van der Waals surface area (Å²) >= 11 is 0. The quantitative estimate of drug-likeness (QED) is 0.632. The van der Waals surface area contributed by atoms with Crippen LogP contribution in [0.1, 0.15) is 68.7 Å². The van der Waals surface area contributed by atoms with Gasteiger partial charge in [0.1, 0.15) is 5.82 Å². The van der Waals surface area contributed by atoms with Crippen LogP contribution in [0.25, 0.3) is 0 Å². The van der Waals surface area contributed by atoms with Crippen molar-refractivity contribution in [2.75, 3.05) is 18.0 Å². The highest BCUT2D eigenvalue weighted by molar-refractivity contribution is 5.95. The smallest absolute Gasteiger partial charge is 0.255 e. The molecule has 34 heavy (non-hydrogen) atoms. The zero-order valence-corrected chi connectivity index (χ0v) is 20.4. The molecule has 6 rings (SSSR count). The number of aryl methyl sites for hydroxylation is 4. The topological polar surface area (TPSA) is 75.9 Å². The summed E-state index contributed by atoms with van der Waals surface area (Å²) in [6.07, 6.45) is 5.13. The van der Waals surface area contributed by atoms with Crippen LogP contribution in [0.4, 0.5) is 5.82 Å². The number of hydrogen-bond acceptors (Lipinski definition) is 5. The third kappa shape index (κ3) is 3.77. The van der Waals surface area contributed by atoms with Gasteiger partial charge in [-0.05, 0) is 87.6 Å². The van der Waals surface area contributed by atoms with E-state index in [1.807, 2.05) is 24.7 Å². The maximum atomic E-state index is 13.2. The lowest BCUT2D eigenvalue weighted by Gasteiger charge is -2.20. The Bertz CT molecular complexity index is 1280. The molecule has 7 nitrogen and oxygen atoms in total. The number of carbonyl (C=O) groups excluding carboxylic acids is 1. The Morgan fingerprint density at radius 2 is 1.85 bits per heavy atom. The number of hydrogen-bond donors (Lipinski definition) is 1. The standard InChI is InChI=1S/C27H32N6O/c1-15-9-23-22(17(3)28-15)6-7-25(23)30-27(34)24-14-33(31-18(24)4)13-19-5-8-26(29-16(19)2)32-11-20-10-21(20)12-32/h5,8-9,14,20-21,25H,6-7,10-13H2,1-4H3,(H,30,34)/t20?,21?,25-/m1/s1. The van der Waals surface area contributed by atoms with E-state index in [9.17, 15) is 4.79 Å². The molecule has 1 N–H and O–H groups in total. The van der Waals surface area contributed by atoms with Crippen LogP contribution in [0.15, 0.2) is 24.4 Å². The molecular weight excluding hydrogens is 424 g/mol. The lowest BCUT2D eigenvalue weighted by atomic mass is 10.1. The molecule has 0 radical (unpaired) electrons. The van der Waals surface area contributed by atoms with Crippen LogP contribution in [-0.2, 0) is 13.0 Å². The largest absolute Gasteiger partial charge is 0.356 e. The highest BCUT2D eigenvalue weighted by Gasteiger charge is 2.45. The number of pyridine rings is 2. The van der Waals surface area contributed by atoms with E-state index in [0.29, 0.717) is 12.1 Å². The first-order chi connectivity index (χ1) is 16.4. The molecule has 1 aliphatic heterocycles. The molecule has 3 aliphatic rings. The number of nitrogens with zero attached hydrogens (tertiary/aromatic N) is 5. The summed E-state index contributed by atoms with van der Waals surface area (Å²) in [5, 5.41) is 7.88. The average Bonchev–Trinajstić information content (AvgIpc) is 3.11. The number of rotatable bonds is 5. The van der Waals surface area contributed by atoms with Gasteiger partial charge in [-0.25, -0.2) is 4.98 Å². The van der Waals surface area contributed by atoms with E-state index >= 15 is 0 Å². The van der Waals surface area contributed by atoms with Gasteiger partial charge in [-0.3, -0.25) is 14.5 Å². The van der Waals surface area contributed by atoms with Crippen molar-refractivity contribution in [1.82, 2.24) is 25.1 Å². The summed E-state index contributed by atoms with van der Waals surface area (Å²) in [7, 11) is 0. The predicted octanol–water partition coefficient (Wildman–Crippen LogP) is 3.83. The third-order valence-corrected chi connectivity index (χ3v) is 7.86. The summed E-state index contributed by atoms with van der Waals surface area (Å²) in [6, 6.07) is 6.43. The molecule has 7 heteroatoms. The van der Waals surface area contributed by atoms with E-state index in [4.69, 9.17) is 4.98 Å².